The molecule has 0 bridgehead atoms. The summed E-state index contributed by atoms with van der Waals surface area (Å²) < 4.78 is 18.8. The molecule has 0 unspecified atom stereocenters. The molecule has 0 fully saturated rings. The van der Waals surface area contributed by atoms with Crippen LogP contribution < -0.4 is 10.1 Å². The number of carbonyl (C=O) groups excluding carboxylic acids is 1. The molecule has 1 amide bonds. The van der Waals surface area contributed by atoms with Crippen molar-refractivity contribution in [3.63, 3.8) is 0 Å². The van der Waals surface area contributed by atoms with Gasteiger partial charge >= 0.3 is 0 Å². The minimum Gasteiger partial charge on any atom is -0.496 e. The fraction of sp³-hybridized carbons (Fsp3) is 0.533. The molecule has 5 heteroatoms. The average molecular weight is 283 g/mol. The summed E-state index contributed by atoms with van der Waals surface area (Å²) in [5.41, 5.74) is -0.470. The van der Waals surface area contributed by atoms with Gasteiger partial charge in [0.2, 0.25) is 0 Å². The van der Waals surface area contributed by atoms with Gasteiger partial charge in [0.1, 0.15) is 17.1 Å². The summed E-state index contributed by atoms with van der Waals surface area (Å²) in [4.78, 5) is 12.1. The van der Waals surface area contributed by atoms with Crippen LogP contribution in [0.5, 0.6) is 5.75 Å². The van der Waals surface area contributed by atoms with E-state index in [1.54, 1.807) is 0 Å². The number of aliphatic hydroxyl groups excluding tert-OH is 1. The van der Waals surface area contributed by atoms with E-state index in [1.807, 2.05) is 13.8 Å². The van der Waals surface area contributed by atoms with Gasteiger partial charge in [-0.3, -0.25) is 4.79 Å². The van der Waals surface area contributed by atoms with Crippen molar-refractivity contribution in [1.82, 2.24) is 5.32 Å². The Labute approximate surface area is 119 Å². The molecule has 4 nitrogen and oxygen atoms in total. The molecule has 0 atom stereocenters. The molecule has 0 saturated carbocycles. The first-order valence-corrected chi connectivity index (χ1v) is 6.75. The predicted octanol–water partition coefficient (Wildman–Crippen LogP) is 2.36. The van der Waals surface area contributed by atoms with E-state index in [0.717, 1.165) is 12.8 Å². The van der Waals surface area contributed by atoms with E-state index in [2.05, 4.69) is 5.32 Å². The zero-order valence-electron chi connectivity index (χ0n) is 12.2. The lowest BCUT2D eigenvalue weighted by Gasteiger charge is -2.29. The lowest BCUT2D eigenvalue weighted by molar-refractivity contribution is 0.0845. The minimum absolute atomic E-state index is 0.0192. The van der Waals surface area contributed by atoms with Crippen molar-refractivity contribution in [3.8, 4) is 5.75 Å². The highest BCUT2D eigenvalue weighted by Crippen LogP contribution is 2.25. The van der Waals surface area contributed by atoms with Crippen LogP contribution in [0.15, 0.2) is 18.2 Å². The van der Waals surface area contributed by atoms with Crippen molar-refractivity contribution < 1.29 is 19.0 Å². The maximum atomic E-state index is 13.8. The fourth-order valence-electron chi connectivity index (χ4n) is 2.03. The van der Waals surface area contributed by atoms with E-state index < -0.39 is 11.7 Å². The van der Waals surface area contributed by atoms with Crippen LogP contribution in [-0.2, 0) is 0 Å². The quantitative estimate of drug-likeness (QED) is 0.807. The highest BCUT2D eigenvalue weighted by molar-refractivity contribution is 5.97. The van der Waals surface area contributed by atoms with Crippen LogP contribution >= 0.6 is 0 Å². The van der Waals surface area contributed by atoms with Gasteiger partial charge in [0.25, 0.3) is 5.91 Å². The van der Waals surface area contributed by atoms with Gasteiger partial charge < -0.3 is 15.2 Å². The lowest BCUT2D eigenvalue weighted by Crippen LogP contribution is -2.39. The van der Waals surface area contributed by atoms with Crippen LogP contribution in [-0.4, -0.2) is 31.3 Å². The summed E-state index contributed by atoms with van der Waals surface area (Å²) in [5, 5.41) is 12.2. The van der Waals surface area contributed by atoms with Crippen molar-refractivity contribution >= 4 is 5.91 Å². The van der Waals surface area contributed by atoms with E-state index in [4.69, 9.17) is 4.74 Å². The van der Waals surface area contributed by atoms with Crippen LogP contribution in [0.1, 0.15) is 37.0 Å². The first-order valence-electron chi connectivity index (χ1n) is 6.75. The molecule has 0 aliphatic heterocycles. The second-order valence-electron chi connectivity index (χ2n) is 4.86. The molecule has 1 rings (SSSR count). The molecule has 0 heterocycles. The number of rotatable bonds is 7. The van der Waals surface area contributed by atoms with Crippen molar-refractivity contribution in [2.45, 2.75) is 26.7 Å². The van der Waals surface area contributed by atoms with Crippen molar-refractivity contribution in [2.75, 3.05) is 20.3 Å². The Balaban J connectivity index is 2.87. The second-order valence-corrected chi connectivity index (χ2v) is 4.86. The first kappa shape index (κ1) is 16.4. The molecule has 0 aliphatic rings. The van der Waals surface area contributed by atoms with Crippen LogP contribution in [0.25, 0.3) is 0 Å². The highest BCUT2D eigenvalue weighted by atomic mass is 19.1. The molecular formula is C15H22FNO3. The number of aliphatic hydroxyl groups is 1. The lowest BCUT2D eigenvalue weighted by atomic mass is 9.83. The maximum Gasteiger partial charge on any atom is 0.258 e. The zero-order chi connectivity index (χ0) is 15.2. The molecule has 0 spiro atoms. The molecule has 1 aromatic carbocycles. The number of amides is 1. The van der Waals surface area contributed by atoms with Gasteiger partial charge in [-0.1, -0.05) is 19.9 Å². The third-order valence-corrected chi connectivity index (χ3v) is 3.88. The number of carbonyl (C=O) groups is 1. The van der Waals surface area contributed by atoms with Gasteiger partial charge in [-0.2, -0.15) is 0 Å². The first-order chi connectivity index (χ1) is 9.53. The van der Waals surface area contributed by atoms with E-state index in [1.165, 1.54) is 25.3 Å². The summed E-state index contributed by atoms with van der Waals surface area (Å²) in [6.07, 6.45) is 1.46. The van der Waals surface area contributed by atoms with E-state index in [0.29, 0.717) is 6.54 Å². The fourth-order valence-corrected chi connectivity index (χ4v) is 2.03. The molecule has 0 radical (unpaired) electrons. The van der Waals surface area contributed by atoms with E-state index >= 15 is 0 Å². The Hall–Kier alpha value is -1.62. The largest absolute Gasteiger partial charge is 0.496 e. The molecule has 1 aromatic rings. The third kappa shape index (κ3) is 3.48. The van der Waals surface area contributed by atoms with Crippen LogP contribution in [0.4, 0.5) is 4.39 Å². The van der Waals surface area contributed by atoms with Gasteiger partial charge in [-0.25, -0.2) is 4.39 Å². The van der Waals surface area contributed by atoms with Gasteiger partial charge in [0.05, 0.1) is 13.7 Å². The third-order valence-electron chi connectivity index (χ3n) is 3.88. The summed E-state index contributed by atoms with van der Waals surface area (Å²) in [6, 6.07) is 4.24. The number of ether oxygens (including phenoxy) is 1. The monoisotopic (exact) mass is 283 g/mol. The van der Waals surface area contributed by atoms with Gasteiger partial charge in [-0.15, -0.1) is 0 Å². The van der Waals surface area contributed by atoms with Crippen molar-refractivity contribution in [2.24, 2.45) is 5.41 Å². The average Bonchev–Trinajstić information content (AvgIpc) is 2.48. The SMILES string of the molecule is CCC(CC)(CO)CNC(=O)c1c(F)cccc1OC. The maximum absolute atomic E-state index is 13.8. The number of hydrogen-bond donors (Lipinski definition) is 2. The highest BCUT2D eigenvalue weighted by Gasteiger charge is 2.27. The van der Waals surface area contributed by atoms with Gasteiger partial charge in [0.15, 0.2) is 0 Å². The van der Waals surface area contributed by atoms with Gasteiger partial charge in [-0.05, 0) is 25.0 Å². The van der Waals surface area contributed by atoms with Gasteiger partial charge in [0, 0.05) is 12.0 Å². The summed E-state index contributed by atoms with van der Waals surface area (Å²) in [7, 11) is 1.39. The number of nitrogens with one attached hydrogen (secondary N) is 1. The number of benzene rings is 1. The number of methoxy groups -OCH3 is 1. The predicted molar refractivity (Wildman–Crippen MR) is 75.4 cm³/mol. The van der Waals surface area contributed by atoms with E-state index in [-0.39, 0.29) is 23.3 Å². The topological polar surface area (TPSA) is 58.6 Å². The smallest absolute Gasteiger partial charge is 0.258 e. The molecule has 2 N–H and O–H groups in total. The number of halogens is 1. The Morgan fingerprint density at radius 3 is 2.55 bits per heavy atom. The van der Waals surface area contributed by atoms with Crippen molar-refractivity contribution in [1.29, 1.82) is 0 Å². The Kier molecular flexibility index (Phi) is 5.95. The summed E-state index contributed by atoms with van der Waals surface area (Å²) >= 11 is 0. The van der Waals surface area contributed by atoms with Crippen LogP contribution in [0.3, 0.4) is 0 Å². The normalized spacial score (nSPS) is 11.2. The van der Waals surface area contributed by atoms with Crippen LogP contribution in [0.2, 0.25) is 0 Å². The Morgan fingerprint density at radius 1 is 1.40 bits per heavy atom. The number of hydrogen-bond acceptors (Lipinski definition) is 3. The molecule has 0 saturated heterocycles. The standard InChI is InChI=1S/C15H22FNO3/c1-4-15(5-2,10-18)9-17-14(19)13-11(16)7-6-8-12(13)20-3/h6-8,18H,4-5,9-10H2,1-3H3,(H,17,19). The van der Waals surface area contributed by atoms with Crippen molar-refractivity contribution in [3.05, 3.63) is 29.6 Å². The van der Waals surface area contributed by atoms with E-state index in [9.17, 15) is 14.3 Å². The second kappa shape index (κ2) is 7.24. The zero-order valence-corrected chi connectivity index (χ0v) is 12.2. The van der Waals surface area contributed by atoms with Crippen LogP contribution in [0, 0.1) is 11.2 Å². The summed E-state index contributed by atoms with van der Waals surface area (Å²) in [5.74, 6) is -0.950. The molecule has 20 heavy (non-hydrogen) atoms. The summed E-state index contributed by atoms with van der Waals surface area (Å²) in [6.45, 7) is 4.19. The Bertz CT molecular complexity index is 450. The molecule has 112 valence electrons. The molecule has 0 aliphatic carbocycles. The Morgan fingerprint density at radius 2 is 2.05 bits per heavy atom. The minimum atomic E-state index is -0.621. The molecular weight excluding hydrogens is 261 g/mol. The molecule has 0 aromatic heterocycles.